The second-order valence-corrected chi connectivity index (χ2v) is 2.76. The lowest BCUT2D eigenvalue weighted by molar-refractivity contribution is 0.393. The standard InChI is InChI=1S/C8H16N2/c1-8-4-3-6-10(8)7-5-9-2/h9H,1,3-7H2,2H3. The van der Waals surface area contributed by atoms with Crippen LogP contribution < -0.4 is 5.32 Å². The van der Waals surface area contributed by atoms with Crippen LogP contribution in [0.1, 0.15) is 12.8 Å². The molecule has 1 aliphatic rings. The summed E-state index contributed by atoms with van der Waals surface area (Å²) in [4.78, 5) is 2.36. The second kappa shape index (κ2) is 3.62. The molecule has 0 spiro atoms. The summed E-state index contributed by atoms with van der Waals surface area (Å²) in [5.74, 6) is 0. The molecule has 58 valence electrons. The lowest BCUT2D eigenvalue weighted by atomic mass is 10.3. The Bertz CT molecular complexity index is 120. The number of nitrogens with zero attached hydrogens (tertiary/aromatic N) is 1. The van der Waals surface area contributed by atoms with Crippen LogP contribution in [0.5, 0.6) is 0 Å². The van der Waals surface area contributed by atoms with Crippen molar-refractivity contribution in [2.75, 3.05) is 26.7 Å². The number of rotatable bonds is 3. The maximum Gasteiger partial charge on any atom is 0.0299 e. The zero-order valence-corrected chi connectivity index (χ0v) is 6.69. The monoisotopic (exact) mass is 140 g/mol. The third-order valence-electron chi connectivity index (χ3n) is 1.97. The molecule has 2 nitrogen and oxygen atoms in total. The van der Waals surface area contributed by atoms with E-state index in [9.17, 15) is 0 Å². The number of nitrogens with one attached hydrogen (secondary N) is 1. The summed E-state index contributed by atoms with van der Waals surface area (Å²) in [5, 5.41) is 3.13. The molecule has 1 heterocycles. The number of likely N-dealkylation sites (N-methyl/N-ethyl adjacent to an activating group) is 1. The van der Waals surface area contributed by atoms with Crippen molar-refractivity contribution in [3.8, 4) is 0 Å². The van der Waals surface area contributed by atoms with Gasteiger partial charge in [-0.2, -0.15) is 0 Å². The average molecular weight is 140 g/mol. The van der Waals surface area contributed by atoms with Gasteiger partial charge in [-0.15, -0.1) is 0 Å². The first kappa shape index (κ1) is 7.61. The molecule has 0 atom stereocenters. The summed E-state index contributed by atoms with van der Waals surface area (Å²) in [5.41, 5.74) is 1.32. The van der Waals surface area contributed by atoms with Gasteiger partial charge in [-0.05, 0) is 19.9 Å². The van der Waals surface area contributed by atoms with Crippen LogP contribution in [0.3, 0.4) is 0 Å². The Morgan fingerprint density at radius 2 is 2.50 bits per heavy atom. The van der Waals surface area contributed by atoms with Crippen LogP contribution in [-0.4, -0.2) is 31.6 Å². The molecule has 0 aromatic heterocycles. The molecule has 1 aliphatic heterocycles. The first-order valence-electron chi connectivity index (χ1n) is 3.92. The summed E-state index contributed by atoms with van der Waals surface area (Å²) in [7, 11) is 1.98. The van der Waals surface area contributed by atoms with Gasteiger partial charge in [-0.25, -0.2) is 0 Å². The molecular formula is C8H16N2. The smallest absolute Gasteiger partial charge is 0.0299 e. The van der Waals surface area contributed by atoms with Gasteiger partial charge in [0, 0.05) is 25.3 Å². The maximum absolute atomic E-state index is 3.99. The third-order valence-corrected chi connectivity index (χ3v) is 1.97. The van der Waals surface area contributed by atoms with Crippen LogP contribution in [0.25, 0.3) is 0 Å². The van der Waals surface area contributed by atoms with Crippen molar-refractivity contribution in [1.29, 1.82) is 0 Å². The quantitative estimate of drug-likeness (QED) is 0.624. The van der Waals surface area contributed by atoms with Crippen molar-refractivity contribution in [3.63, 3.8) is 0 Å². The lowest BCUT2D eigenvalue weighted by Crippen LogP contribution is -2.26. The Morgan fingerprint density at radius 3 is 3.00 bits per heavy atom. The first-order valence-corrected chi connectivity index (χ1v) is 3.92. The Kier molecular flexibility index (Phi) is 2.75. The fourth-order valence-corrected chi connectivity index (χ4v) is 1.31. The minimum atomic E-state index is 1.07. The van der Waals surface area contributed by atoms with E-state index in [0.29, 0.717) is 0 Å². The normalized spacial score (nSPS) is 18.5. The maximum atomic E-state index is 3.99. The van der Waals surface area contributed by atoms with E-state index < -0.39 is 0 Å². The topological polar surface area (TPSA) is 15.3 Å². The molecule has 1 saturated heterocycles. The van der Waals surface area contributed by atoms with Gasteiger partial charge in [0.05, 0.1) is 0 Å². The Hall–Kier alpha value is -0.500. The van der Waals surface area contributed by atoms with Crippen LogP contribution in [0.4, 0.5) is 0 Å². The molecule has 1 fully saturated rings. The van der Waals surface area contributed by atoms with Crippen molar-refractivity contribution in [1.82, 2.24) is 10.2 Å². The van der Waals surface area contributed by atoms with Crippen molar-refractivity contribution in [2.24, 2.45) is 0 Å². The highest BCUT2D eigenvalue weighted by Crippen LogP contribution is 2.17. The van der Waals surface area contributed by atoms with Crippen molar-refractivity contribution in [3.05, 3.63) is 12.3 Å². The number of hydrogen-bond donors (Lipinski definition) is 1. The summed E-state index contributed by atoms with van der Waals surface area (Å²) < 4.78 is 0. The van der Waals surface area contributed by atoms with Gasteiger partial charge in [0.2, 0.25) is 0 Å². The highest BCUT2D eigenvalue weighted by Gasteiger charge is 2.12. The largest absolute Gasteiger partial charge is 0.374 e. The van der Waals surface area contributed by atoms with Gasteiger partial charge in [0.25, 0.3) is 0 Å². The second-order valence-electron chi connectivity index (χ2n) is 2.76. The highest BCUT2D eigenvalue weighted by atomic mass is 15.2. The molecule has 1 N–H and O–H groups in total. The molecule has 0 unspecified atom stereocenters. The SMILES string of the molecule is C=C1CCCN1CCNC. The van der Waals surface area contributed by atoms with Crippen molar-refractivity contribution in [2.45, 2.75) is 12.8 Å². The van der Waals surface area contributed by atoms with E-state index in [0.717, 1.165) is 13.1 Å². The molecule has 0 aromatic rings. The van der Waals surface area contributed by atoms with Gasteiger partial charge in [-0.3, -0.25) is 0 Å². The van der Waals surface area contributed by atoms with Crippen LogP contribution in [0.2, 0.25) is 0 Å². The van der Waals surface area contributed by atoms with Gasteiger partial charge in [0.1, 0.15) is 0 Å². The van der Waals surface area contributed by atoms with Crippen molar-refractivity contribution >= 4 is 0 Å². The molecule has 0 aromatic carbocycles. The molecule has 0 bridgehead atoms. The van der Waals surface area contributed by atoms with E-state index in [1.54, 1.807) is 0 Å². The fourth-order valence-electron chi connectivity index (χ4n) is 1.31. The minimum Gasteiger partial charge on any atom is -0.374 e. The highest BCUT2D eigenvalue weighted by molar-refractivity contribution is 4.99. The number of likely N-dealkylation sites (tertiary alicyclic amines) is 1. The van der Waals surface area contributed by atoms with Gasteiger partial charge < -0.3 is 10.2 Å². The van der Waals surface area contributed by atoms with Crippen LogP contribution in [0, 0.1) is 0 Å². The molecule has 0 aliphatic carbocycles. The van der Waals surface area contributed by atoms with E-state index in [4.69, 9.17) is 0 Å². The molecule has 1 rings (SSSR count). The summed E-state index contributed by atoms with van der Waals surface area (Å²) in [6.45, 7) is 7.38. The van der Waals surface area contributed by atoms with Crippen molar-refractivity contribution < 1.29 is 0 Å². The number of hydrogen-bond acceptors (Lipinski definition) is 2. The van der Waals surface area contributed by atoms with E-state index in [-0.39, 0.29) is 0 Å². The zero-order chi connectivity index (χ0) is 7.40. The molecule has 0 amide bonds. The Balaban J connectivity index is 2.20. The van der Waals surface area contributed by atoms with Gasteiger partial charge >= 0.3 is 0 Å². The first-order chi connectivity index (χ1) is 4.84. The summed E-state index contributed by atoms with van der Waals surface area (Å²) in [6, 6.07) is 0. The van der Waals surface area contributed by atoms with Crippen LogP contribution in [-0.2, 0) is 0 Å². The van der Waals surface area contributed by atoms with E-state index in [1.807, 2.05) is 7.05 Å². The predicted molar refractivity (Wildman–Crippen MR) is 43.9 cm³/mol. The van der Waals surface area contributed by atoms with E-state index >= 15 is 0 Å². The Morgan fingerprint density at radius 1 is 1.70 bits per heavy atom. The third kappa shape index (κ3) is 1.74. The molecule has 0 saturated carbocycles. The van der Waals surface area contributed by atoms with E-state index in [2.05, 4.69) is 16.8 Å². The van der Waals surface area contributed by atoms with E-state index in [1.165, 1.54) is 25.1 Å². The predicted octanol–water partition coefficient (Wildman–Crippen LogP) is 0.815. The summed E-state index contributed by atoms with van der Waals surface area (Å²) in [6.07, 6.45) is 2.49. The average Bonchev–Trinajstić information content (AvgIpc) is 2.31. The fraction of sp³-hybridized carbons (Fsp3) is 0.750. The van der Waals surface area contributed by atoms with Crippen LogP contribution >= 0.6 is 0 Å². The molecule has 2 heteroatoms. The molecule has 0 radical (unpaired) electrons. The Labute approximate surface area is 62.9 Å². The van der Waals surface area contributed by atoms with Crippen LogP contribution in [0.15, 0.2) is 12.3 Å². The molecular weight excluding hydrogens is 124 g/mol. The summed E-state index contributed by atoms with van der Waals surface area (Å²) >= 11 is 0. The van der Waals surface area contributed by atoms with Gasteiger partial charge in [0.15, 0.2) is 0 Å². The molecule has 10 heavy (non-hydrogen) atoms. The number of allylic oxidation sites excluding steroid dienone is 1. The lowest BCUT2D eigenvalue weighted by Gasteiger charge is -2.18. The minimum absolute atomic E-state index is 1.07. The van der Waals surface area contributed by atoms with Gasteiger partial charge in [-0.1, -0.05) is 6.58 Å². The zero-order valence-electron chi connectivity index (χ0n) is 6.69.